The molecule has 0 saturated carbocycles. The van der Waals surface area contributed by atoms with Gasteiger partial charge >= 0.3 is 0 Å². The minimum atomic E-state index is -0.193. The number of amides is 1. The van der Waals surface area contributed by atoms with Crippen molar-refractivity contribution in [3.63, 3.8) is 0 Å². The number of rotatable bonds is 2. The molecule has 20 heavy (non-hydrogen) atoms. The summed E-state index contributed by atoms with van der Waals surface area (Å²) in [5.41, 5.74) is 2.09. The second kappa shape index (κ2) is 5.38. The summed E-state index contributed by atoms with van der Waals surface area (Å²) >= 11 is 3.24. The molecule has 5 heteroatoms. The number of carbonyl (C=O) groups excluding carboxylic acids is 1. The highest BCUT2D eigenvalue weighted by Crippen LogP contribution is 2.21. The lowest BCUT2D eigenvalue weighted by Gasteiger charge is -2.08. The van der Waals surface area contributed by atoms with E-state index in [-0.39, 0.29) is 5.91 Å². The first kappa shape index (κ1) is 12.7. The van der Waals surface area contributed by atoms with E-state index in [1.54, 1.807) is 18.3 Å². The maximum Gasteiger partial charge on any atom is 0.257 e. The molecule has 0 aliphatic rings. The molecule has 98 valence electrons. The summed E-state index contributed by atoms with van der Waals surface area (Å²) in [6, 6.07) is 12.9. The Hall–Kier alpha value is -2.27. The van der Waals surface area contributed by atoms with E-state index in [0.29, 0.717) is 10.2 Å². The predicted molar refractivity (Wildman–Crippen MR) is 81.6 cm³/mol. The van der Waals surface area contributed by atoms with Crippen molar-refractivity contribution in [2.75, 3.05) is 5.32 Å². The van der Waals surface area contributed by atoms with Crippen molar-refractivity contribution in [2.45, 2.75) is 0 Å². The van der Waals surface area contributed by atoms with Gasteiger partial charge in [-0.1, -0.05) is 6.07 Å². The fourth-order valence-corrected chi connectivity index (χ4v) is 2.15. The molecule has 1 N–H and O–H groups in total. The van der Waals surface area contributed by atoms with Crippen molar-refractivity contribution in [1.82, 2.24) is 9.97 Å². The number of nitrogens with one attached hydrogen (secondary N) is 1. The molecule has 0 aliphatic carbocycles. The first-order valence-corrected chi connectivity index (χ1v) is 6.80. The van der Waals surface area contributed by atoms with Crippen molar-refractivity contribution < 1.29 is 4.79 Å². The van der Waals surface area contributed by atoms with Gasteiger partial charge in [0, 0.05) is 17.8 Å². The van der Waals surface area contributed by atoms with E-state index in [1.165, 1.54) is 6.20 Å². The molecule has 1 amide bonds. The molecule has 0 spiro atoms. The third kappa shape index (κ3) is 2.53. The number of hydrogen-bond acceptors (Lipinski definition) is 3. The number of nitrogens with zero attached hydrogens (tertiary/aromatic N) is 2. The van der Waals surface area contributed by atoms with Gasteiger partial charge in [-0.2, -0.15) is 0 Å². The normalized spacial score (nSPS) is 10.4. The third-order valence-corrected chi connectivity index (χ3v) is 3.35. The summed E-state index contributed by atoms with van der Waals surface area (Å²) in [6.45, 7) is 0. The van der Waals surface area contributed by atoms with Crippen molar-refractivity contribution >= 4 is 38.4 Å². The van der Waals surface area contributed by atoms with E-state index in [1.807, 2.05) is 30.3 Å². The van der Waals surface area contributed by atoms with Gasteiger partial charge in [-0.15, -0.1) is 0 Å². The van der Waals surface area contributed by atoms with Crippen LogP contribution in [0.25, 0.3) is 10.9 Å². The van der Waals surface area contributed by atoms with Crippen LogP contribution in [0.1, 0.15) is 10.4 Å². The van der Waals surface area contributed by atoms with Gasteiger partial charge in [0.05, 0.1) is 16.8 Å². The zero-order valence-corrected chi connectivity index (χ0v) is 12.0. The topological polar surface area (TPSA) is 54.9 Å². The summed E-state index contributed by atoms with van der Waals surface area (Å²) in [6.07, 6.45) is 3.26. The van der Waals surface area contributed by atoms with Crippen LogP contribution in [0.2, 0.25) is 0 Å². The summed E-state index contributed by atoms with van der Waals surface area (Å²) in [5, 5.41) is 3.80. The lowest BCUT2D eigenvalue weighted by molar-refractivity contribution is 0.102. The van der Waals surface area contributed by atoms with Gasteiger partial charge in [0.2, 0.25) is 0 Å². The van der Waals surface area contributed by atoms with Crippen LogP contribution < -0.4 is 5.32 Å². The Morgan fingerprint density at radius 2 is 1.95 bits per heavy atom. The second-order valence-electron chi connectivity index (χ2n) is 4.20. The van der Waals surface area contributed by atoms with Gasteiger partial charge in [0.1, 0.15) is 4.60 Å². The van der Waals surface area contributed by atoms with Crippen LogP contribution in [-0.2, 0) is 0 Å². The molecular formula is C15H10BrN3O. The SMILES string of the molecule is O=C(Nc1cccc2ncccc12)c1ccc(Br)nc1. The number of hydrogen-bond donors (Lipinski definition) is 1. The Bertz CT molecular complexity index is 766. The summed E-state index contributed by atoms with van der Waals surface area (Å²) in [5.74, 6) is -0.193. The number of fused-ring (bicyclic) bond motifs is 1. The van der Waals surface area contributed by atoms with Crippen molar-refractivity contribution in [2.24, 2.45) is 0 Å². The minimum Gasteiger partial charge on any atom is -0.321 e. The number of halogens is 1. The number of anilines is 1. The number of aromatic nitrogens is 2. The lowest BCUT2D eigenvalue weighted by atomic mass is 10.1. The first-order valence-electron chi connectivity index (χ1n) is 6.01. The quantitative estimate of drug-likeness (QED) is 0.731. The Morgan fingerprint density at radius 3 is 2.75 bits per heavy atom. The highest BCUT2D eigenvalue weighted by molar-refractivity contribution is 9.10. The van der Waals surface area contributed by atoms with Gasteiger partial charge in [-0.3, -0.25) is 9.78 Å². The average molecular weight is 328 g/mol. The molecule has 0 aliphatic heterocycles. The molecular weight excluding hydrogens is 318 g/mol. The molecule has 3 aromatic rings. The molecule has 1 aromatic carbocycles. The van der Waals surface area contributed by atoms with Crippen LogP contribution in [0.3, 0.4) is 0 Å². The molecule has 0 saturated heterocycles. The largest absolute Gasteiger partial charge is 0.321 e. The molecule has 3 rings (SSSR count). The van der Waals surface area contributed by atoms with Gasteiger partial charge in [-0.05, 0) is 52.3 Å². The van der Waals surface area contributed by atoms with Crippen LogP contribution in [-0.4, -0.2) is 15.9 Å². The highest BCUT2D eigenvalue weighted by Gasteiger charge is 2.08. The smallest absolute Gasteiger partial charge is 0.257 e. The number of benzene rings is 1. The van der Waals surface area contributed by atoms with E-state index < -0.39 is 0 Å². The predicted octanol–water partition coefficient (Wildman–Crippen LogP) is 3.64. The minimum absolute atomic E-state index is 0.193. The average Bonchev–Trinajstić information content (AvgIpc) is 2.48. The first-order chi connectivity index (χ1) is 9.74. The van der Waals surface area contributed by atoms with Crippen molar-refractivity contribution in [3.05, 3.63) is 65.0 Å². The Morgan fingerprint density at radius 1 is 1.05 bits per heavy atom. The summed E-state index contributed by atoms with van der Waals surface area (Å²) in [7, 11) is 0. The van der Waals surface area contributed by atoms with Crippen molar-refractivity contribution in [1.29, 1.82) is 0 Å². The van der Waals surface area contributed by atoms with Crippen LogP contribution in [0.15, 0.2) is 59.5 Å². The lowest BCUT2D eigenvalue weighted by Crippen LogP contribution is -2.12. The Balaban J connectivity index is 1.93. The fourth-order valence-electron chi connectivity index (χ4n) is 1.92. The maximum absolute atomic E-state index is 12.2. The zero-order chi connectivity index (χ0) is 13.9. The van der Waals surface area contributed by atoms with Crippen LogP contribution in [0.4, 0.5) is 5.69 Å². The zero-order valence-electron chi connectivity index (χ0n) is 10.4. The second-order valence-corrected chi connectivity index (χ2v) is 5.01. The molecule has 0 unspecified atom stereocenters. The molecule has 0 atom stereocenters. The van der Waals surface area contributed by atoms with Crippen LogP contribution in [0, 0.1) is 0 Å². The maximum atomic E-state index is 12.2. The number of pyridine rings is 2. The van der Waals surface area contributed by atoms with Gasteiger partial charge < -0.3 is 5.32 Å². The van der Waals surface area contributed by atoms with E-state index in [2.05, 4.69) is 31.2 Å². The fraction of sp³-hybridized carbons (Fsp3) is 0. The standard InChI is InChI=1S/C15H10BrN3O/c16-14-7-6-10(9-18-14)15(20)19-13-5-1-4-12-11(13)3-2-8-17-12/h1-9H,(H,19,20). The van der Waals surface area contributed by atoms with E-state index in [4.69, 9.17) is 0 Å². The van der Waals surface area contributed by atoms with Gasteiger partial charge in [0.15, 0.2) is 0 Å². The summed E-state index contributed by atoms with van der Waals surface area (Å²) < 4.78 is 0.698. The molecule has 0 bridgehead atoms. The third-order valence-electron chi connectivity index (χ3n) is 2.88. The number of carbonyl (C=O) groups is 1. The van der Waals surface area contributed by atoms with Gasteiger partial charge in [-0.25, -0.2) is 4.98 Å². The summed E-state index contributed by atoms with van der Waals surface area (Å²) in [4.78, 5) is 20.5. The highest BCUT2D eigenvalue weighted by atomic mass is 79.9. The monoisotopic (exact) mass is 327 g/mol. The van der Waals surface area contributed by atoms with E-state index in [0.717, 1.165) is 16.6 Å². The molecule has 4 nitrogen and oxygen atoms in total. The van der Waals surface area contributed by atoms with E-state index >= 15 is 0 Å². The molecule has 0 fully saturated rings. The Kier molecular flexibility index (Phi) is 3.43. The molecule has 2 aromatic heterocycles. The Labute approximate surface area is 124 Å². The van der Waals surface area contributed by atoms with Gasteiger partial charge in [0.25, 0.3) is 5.91 Å². The molecule has 0 radical (unpaired) electrons. The van der Waals surface area contributed by atoms with Crippen molar-refractivity contribution in [3.8, 4) is 0 Å². The van der Waals surface area contributed by atoms with E-state index in [9.17, 15) is 4.79 Å². The van der Waals surface area contributed by atoms with Crippen LogP contribution in [0.5, 0.6) is 0 Å². The molecule has 2 heterocycles. The van der Waals surface area contributed by atoms with Crippen LogP contribution >= 0.6 is 15.9 Å².